The summed E-state index contributed by atoms with van der Waals surface area (Å²) in [6.45, 7) is 10.0. The fourth-order valence-electron chi connectivity index (χ4n) is 4.06. The fraction of sp³-hybridized carbons (Fsp3) is 0.833. The van der Waals surface area contributed by atoms with Crippen molar-refractivity contribution < 1.29 is 19.4 Å². The van der Waals surface area contributed by atoms with Crippen LogP contribution in [0.4, 0.5) is 4.79 Å². The van der Waals surface area contributed by atoms with Crippen molar-refractivity contribution in [1.29, 1.82) is 5.41 Å². The second kappa shape index (κ2) is 10.1. The van der Waals surface area contributed by atoms with Crippen molar-refractivity contribution in [1.82, 2.24) is 24.5 Å². The number of amides is 1. The van der Waals surface area contributed by atoms with Gasteiger partial charge < -0.3 is 30.3 Å². The molecule has 0 aromatic carbocycles. The van der Waals surface area contributed by atoms with E-state index in [1.54, 1.807) is 4.90 Å². The summed E-state index contributed by atoms with van der Waals surface area (Å²) in [4.78, 5) is 33.3. The molecule has 0 spiro atoms. The summed E-state index contributed by atoms with van der Waals surface area (Å²) >= 11 is 0. The lowest BCUT2D eigenvalue weighted by atomic mass is 10.2. The molecule has 1 amide bonds. The standard InChI is InChI=1S/C18H33N7O4/c19-17(20)24-10-7-22(8-11-24)9-12-25-14-15(29-18(25)28)13-23-5-3-21(4-6-23)2-1-16(26)27/h15H,1-14H2,(H3,19,20)(H,26,27). The lowest BCUT2D eigenvalue weighted by Crippen LogP contribution is -2.52. The molecule has 3 aliphatic heterocycles. The second-order valence-corrected chi connectivity index (χ2v) is 7.95. The molecule has 29 heavy (non-hydrogen) atoms. The van der Waals surface area contributed by atoms with Crippen LogP contribution >= 0.6 is 0 Å². The molecule has 3 fully saturated rings. The van der Waals surface area contributed by atoms with Gasteiger partial charge in [0.25, 0.3) is 0 Å². The molecular formula is C18H33N7O4. The topological polar surface area (TPSA) is 130 Å². The minimum Gasteiger partial charge on any atom is -0.481 e. The average Bonchev–Trinajstić information content (AvgIpc) is 3.05. The number of cyclic esters (lactones) is 1. The Hall–Kier alpha value is -2.11. The maximum atomic E-state index is 12.2. The quantitative estimate of drug-likeness (QED) is 0.320. The number of piperazine rings is 2. The first-order chi connectivity index (χ1) is 13.9. The Kier molecular flexibility index (Phi) is 7.51. The van der Waals surface area contributed by atoms with Crippen molar-refractivity contribution in [2.45, 2.75) is 12.5 Å². The van der Waals surface area contributed by atoms with E-state index in [2.05, 4.69) is 14.7 Å². The average molecular weight is 412 g/mol. The Morgan fingerprint density at radius 2 is 1.59 bits per heavy atom. The predicted octanol–water partition coefficient (Wildman–Crippen LogP) is -1.59. The maximum Gasteiger partial charge on any atom is 0.410 e. The Balaban J connectivity index is 1.32. The van der Waals surface area contributed by atoms with Crippen molar-refractivity contribution in [3.63, 3.8) is 0 Å². The zero-order chi connectivity index (χ0) is 20.8. The summed E-state index contributed by atoms with van der Waals surface area (Å²) < 4.78 is 5.55. The Morgan fingerprint density at radius 3 is 2.21 bits per heavy atom. The number of nitrogens with one attached hydrogen (secondary N) is 1. The van der Waals surface area contributed by atoms with Gasteiger partial charge in [0.1, 0.15) is 6.10 Å². The first kappa shape index (κ1) is 21.6. The van der Waals surface area contributed by atoms with E-state index >= 15 is 0 Å². The van der Waals surface area contributed by atoms with Crippen LogP contribution in [0, 0.1) is 5.41 Å². The van der Waals surface area contributed by atoms with Crippen LogP contribution < -0.4 is 5.73 Å². The summed E-state index contributed by atoms with van der Waals surface area (Å²) in [6, 6.07) is 0. The van der Waals surface area contributed by atoms with Gasteiger partial charge >= 0.3 is 12.1 Å². The first-order valence-electron chi connectivity index (χ1n) is 10.3. The summed E-state index contributed by atoms with van der Waals surface area (Å²) in [5.74, 6) is -0.635. The van der Waals surface area contributed by atoms with Crippen LogP contribution in [0.15, 0.2) is 0 Å². The van der Waals surface area contributed by atoms with Crippen LogP contribution in [0.2, 0.25) is 0 Å². The third kappa shape index (κ3) is 6.44. The monoisotopic (exact) mass is 411 g/mol. The van der Waals surface area contributed by atoms with E-state index in [0.29, 0.717) is 19.6 Å². The molecule has 3 aliphatic rings. The number of hydrogen-bond donors (Lipinski definition) is 3. The number of ether oxygens (including phenoxy) is 1. The van der Waals surface area contributed by atoms with Crippen molar-refractivity contribution in [3.8, 4) is 0 Å². The molecule has 0 aromatic rings. The molecule has 3 rings (SSSR count). The highest BCUT2D eigenvalue weighted by molar-refractivity contribution is 5.74. The van der Waals surface area contributed by atoms with Gasteiger partial charge in [0, 0.05) is 78.5 Å². The molecular weight excluding hydrogens is 378 g/mol. The molecule has 4 N–H and O–H groups in total. The van der Waals surface area contributed by atoms with Crippen LogP contribution in [0.1, 0.15) is 6.42 Å². The van der Waals surface area contributed by atoms with Gasteiger partial charge in [0.2, 0.25) is 0 Å². The number of carbonyl (C=O) groups excluding carboxylic acids is 1. The van der Waals surface area contributed by atoms with E-state index in [1.807, 2.05) is 4.90 Å². The maximum absolute atomic E-state index is 12.2. The number of carboxylic acid groups (broad SMARTS) is 1. The van der Waals surface area contributed by atoms with Crippen LogP contribution in [0.25, 0.3) is 0 Å². The van der Waals surface area contributed by atoms with E-state index in [9.17, 15) is 9.59 Å². The second-order valence-electron chi connectivity index (χ2n) is 7.95. The summed E-state index contributed by atoms with van der Waals surface area (Å²) in [5.41, 5.74) is 5.52. The SMILES string of the molecule is N=C(N)N1CCN(CCN2CC(CN3CCN(CCC(=O)O)CC3)OC2=O)CC1. The van der Waals surface area contributed by atoms with Gasteiger partial charge in [0.15, 0.2) is 5.96 Å². The largest absolute Gasteiger partial charge is 0.481 e. The van der Waals surface area contributed by atoms with Gasteiger partial charge in [-0.2, -0.15) is 0 Å². The number of aliphatic carboxylic acids is 1. The zero-order valence-corrected chi connectivity index (χ0v) is 17.0. The summed E-state index contributed by atoms with van der Waals surface area (Å²) in [7, 11) is 0. The molecule has 11 heteroatoms. The van der Waals surface area contributed by atoms with Crippen LogP contribution in [-0.4, -0.2) is 139 Å². The molecule has 0 saturated carbocycles. The van der Waals surface area contributed by atoms with Gasteiger partial charge in [-0.05, 0) is 0 Å². The minimum atomic E-state index is -0.758. The van der Waals surface area contributed by atoms with Crippen molar-refractivity contribution in [3.05, 3.63) is 0 Å². The van der Waals surface area contributed by atoms with Gasteiger partial charge in [-0.1, -0.05) is 0 Å². The predicted molar refractivity (Wildman–Crippen MR) is 107 cm³/mol. The van der Waals surface area contributed by atoms with E-state index in [1.165, 1.54) is 0 Å². The third-order valence-corrected chi connectivity index (χ3v) is 5.92. The van der Waals surface area contributed by atoms with Gasteiger partial charge in [-0.25, -0.2) is 4.79 Å². The van der Waals surface area contributed by atoms with Crippen molar-refractivity contribution >= 4 is 18.0 Å². The Bertz CT molecular complexity index is 589. The van der Waals surface area contributed by atoms with Gasteiger partial charge in [-0.3, -0.25) is 20.0 Å². The number of nitrogens with two attached hydrogens (primary N) is 1. The molecule has 0 aromatic heterocycles. The molecule has 3 heterocycles. The fourth-order valence-corrected chi connectivity index (χ4v) is 4.06. The number of carbonyl (C=O) groups is 2. The van der Waals surface area contributed by atoms with Crippen molar-refractivity contribution in [2.75, 3.05) is 85.1 Å². The first-order valence-corrected chi connectivity index (χ1v) is 10.3. The highest BCUT2D eigenvalue weighted by Gasteiger charge is 2.33. The molecule has 1 atom stereocenters. The lowest BCUT2D eigenvalue weighted by molar-refractivity contribution is -0.137. The molecule has 164 valence electrons. The number of carboxylic acids is 1. The molecule has 11 nitrogen and oxygen atoms in total. The van der Waals surface area contributed by atoms with Crippen LogP contribution in [0.3, 0.4) is 0 Å². The van der Waals surface area contributed by atoms with E-state index in [0.717, 1.165) is 65.4 Å². The number of rotatable bonds is 8. The summed E-state index contributed by atoms with van der Waals surface area (Å²) in [6.07, 6.45) is -0.168. The normalized spacial score (nSPS) is 24.7. The molecule has 0 bridgehead atoms. The van der Waals surface area contributed by atoms with E-state index in [4.69, 9.17) is 21.0 Å². The molecule has 0 aliphatic carbocycles. The van der Waals surface area contributed by atoms with E-state index in [-0.39, 0.29) is 24.6 Å². The minimum absolute atomic E-state index is 0.109. The van der Waals surface area contributed by atoms with Crippen LogP contribution in [0.5, 0.6) is 0 Å². The lowest BCUT2D eigenvalue weighted by Gasteiger charge is -2.35. The third-order valence-electron chi connectivity index (χ3n) is 5.92. The Labute approximate surface area is 171 Å². The Morgan fingerprint density at radius 1 is 1.00 bits per heavy atom. The highest BCUT2D eigenvalue weighted by Crippen LogP contribution is 2.14. The number of guanidine groups is 1. The van der Waals surface area contributed by atoms with Gasteiger partial charge in [-0.15, -0.1) is 0 Å². The highest BCUT2D eigenvalue weighted by atomic mass is 16.6. The number of nitrogens with zero attached hydrogens (tertiary/aromatic N) is 5. The summed E-state index contributed by atoms with van der Waals surface area (Å²) in [5, 5.41) is 16.3. The number of hydrogen-bond acceptors (Lipinski definition) is 7. The molecule has 3 saturated heterocycles. The van der Waals surface area contributed by atoms with E-state index < -0.39 is 5.97 Å². The van der Waals surface area contributed by atoms with Gasteiger partial charge in [0.05, 0.1) is 13.0 Å². The zero-order valence-electron chi connectivity index (χ0n) is 17.0. The molecule has 1 unspecified atom stereocenters. The smallest absolute Gasteiger partial charge is 0.410 e. The van der Waals surface area contributed by atoms with Crippen molar-refractivity contribution in [2.24, 2.45) is 5.73 Å². The van der Waals surface area contributed by atoms with Crippen LogP contribution in [-0.2, 0) is 9.53 Å². The molecule has 0 radical (unpaired) electrons.